The molecular weight excluding hydrogens is 586 g/mol. The number of halogens is 6. The van der Waals surface area contributed by atoms with Crippen molar-refractivity contribution >= 4 is 78.3 Å². The molecule has 0 saturated heterocycles. The van der Waals surface area contributed by atoms with Gasteiger partial charge in [0.05, 0.1) is 20.1 Å². The molecule has 0 aliphatic rings. The summed E-state index contributed by atoms with van der Waals surface area (Å²) in [6.07, 6.45) is 0. The molecule has 0 radical (unpaired) electrons. The number of rotatable bonds is 8. The van der Waals surface area contributed by atoms with Gasteiger partial charge in [-0.1, -0.05) is 92.1 Å². The van der Waals surface area contributed by atoms with Crippen molar-refractivity contribution in [2.45, 2.75) is 42.8 Å². The minimum absolute atomic E-state index is 0.184. The third-order valence-corrected chi connectivity index (χ3v) is 6.01. The Morgan fingerprint density at radius 1 is 0.724 bits per heavy atom. The van der Waals surface area contributed by atoms with Crippen LogP contribution in [0.2, 0.25) is 20.1 Å². The lowest BCUT2D eigenvalue weighted by Gasteiger charge is -2.28. The molecule has 2 rings (SSSR count). The maximum atomic E-state index is 6.47. The lowest BCUT2D eigenvalue weighted by molar-refractivity contribution is 0.324. The van der Waals surface area contributed by atoms with Crippen LogP contribution in [0.4, 0.5) is 0 Å². The molecule has 2 aromatic rings. The summed E-state index contributed by atoms with van der Waals surface area (Å²) in [5.74, 6) is 0.950. The first kappa shape index (κ1) is 25.4. The summed E-state index contributed by atoms with van der Waals surface area (Å²) >= 11 is 32.8. The van der Waals surface area contributed by atoms with E-state index in [1.807, 2.05) is 38.1 Å². The fourth-order valence-electron chi connectivity index (χ4n) is 2.68. The minimum atomic E-state index is -0.455. The molecule has 0 bridgehead atoms. The van der Waals surface area contributed by atoms with Gasteiger partial charge >= 0.3 is 0 Å². The number of benzene rings is 2. The third kappa shape index (κ3) is 6.57. The second-order valence-electron chi connectivity index (χ2n) is 7.35. The second-order valence-corrected chi connectivity index (χ2v) is 12.1. The van der Waals surface area contributed by atoms with Gasteiger partial charge in [0.15, 0.2) is 11.5 Å². The zero-order valence-electron chi connectivity index (χ0n) is 16.5. The first-order chi connectivity index (χ1) is 13.4. The molecule has 29 heavy (non-hydrogen) atoms. The van der Waals surface area contributed by atoms with Crippen LogP contribution in [0.15, 0.2) is 24.3 Å². The smallest absolute Gasteiger partial charge is 0.156 e. The monoisotopic (exact) mass is 604 g/mol. The minimum Gasteiger partial charge on any atom is -0.489 e. The van der Waals surface area contributed by atoms with Gasteiger partial charge in [-0.3, -0.25) is 0 Å². The summed E-state index contributed by atoms with van der Waals surface area (Å²) in [6.45, 7) is 9.00. The standard InChI is InChI=1S/C21H22Br2Cl4O2/c1-11(22)9-28-19-15(24)5-13(6-16(19)25)21(3,4)14-7-17(26)20(18(27)8-14)29-10-12(2)23/h5-8,11-12H,9-10H2,1-4H3. The van der Waals surface area contributed by atoms with Gasteiger partial charge in [-0.2, -0.15) is 0 Å². The molecule has 0 amide bonds. The highest BCUT2D eigenvalue weighted by atomic mass is 79.9. The first-order valence-corrected chi connectivity index (χ1v) is 12.3. The van der Waals surface area contributed by atoms with E-state index in [1.165, 1.54) is 0 Å². The highest BCUT2D eigenvalue weighted by molar-refractivity contribution is 9.09. The fourth-order valence-corrected chi connectivity index (χ4v) is 4.14. The molecule has 0 spiro atoms. The predicted molar refractivity (Wildman–Crippen MR) is 133 cm³/mol. The van der Waals surface area contributed by atoms with Crippen LogP contribution in [-0.4, -0.2) is 22.9 Å². The van der Waals surface area contributed by atoms with Crippen molar-refractivity contribution < 1.29 is 9.47 Å². The van der Waals surface area contributed by atoms with Gasteiger partial charge in [-0.05, 0) is 49.2 Å². The average Bonchev–Trinajstić information content (AvgIpc) is 2.59. The molecular formula is C21H22Br2Cl4O2. The number of hydrogen-bond acceptors (Lipinski definition) is 2. The van der Waals surface area contributed by atoms with Crippen molar-refractivity contribution in [3.8, 4) is 11.5 Å². The molecule has 8 heteroatoms. The number of hydrogen-bond donors (Lipinski definition) is 0. The zero-order valence-corrected chi connectivity index (χ0v) is 22.7. The van der Waals surface area contributed by atoms with Gasteiger partial charge in [0.2, 0.25) is 0 Å². The van der Waals surface area contributed by atoms with E-state index in [9.17, 15) is 0 Å². The highest BCUT2D eigenvalue weighted by Crippen LogP contribution is 2.43. The summed E-state index contributed by atoms with van der Waals surface area (Å²) in [4.78, 5) is 0.367. The van der Waals surface area contributed by atoms with Crippen LogP contribution in [-0.2, 0) is 5.41 Å². The van der Waals surface area contributed by atoms with Crippen molar-refractivity contribution in [3.63, 3.8) is 0 Å². The largest absolute Gasteiger partial charge is 0.489 e. The van der Waals surface area contributed by atoms with Gasteiger partial charge in [0.25, 0.3) is 0 Å². The molecule has 2 unspecified atom stereocenters. The SMILES string of the molecule is CC(Br)COc1c(Cl)cc(C(C)(C)c2cc(Cl)c(OCC(C)Br)c(Cl)c2)cc1Cl. The molecule has 2 atom stereocenters. The van der Waals surface area contributed by atoms with Crippen LogP contribution in [0.5, 0.6) is 11.5 Å². The van der Waals surface area contributed by atoms with Crippen molar-refractivity contribution in [1.29, 1.82) is 0 Å². The van der Waals surface area contributed by atoms with E-state index in [4.69, 9.17) is 55.9 Å². The Labute approximate surface area is 209 Å². The topological polar surface area (TPSA) is 18.5 Å². The molecule has 160 valence electrons. The van der Waals surface area contributed by atoms with Crippen molar-refractivity contribution in [3.05, 3.63) is 55.5 Å². The summed E-state index contributed by atoms with van der Waals surface area (Å²) in [5, 5.41) is 1.82. The van der Waals surface area contributed by atoms with Gasteiger partial charge in [0, 0.05) is 15.1 Å². The lowest BCUT2D eigenvalue weighted by atomic mass is 9.78. The van der Waals surface area contributed by atoms with E-state index in [-0.39, 0.29) is 9.65 Å². The van der Waals surface area contributed by atoms with Gasteiger partial charge in [-0.15, -0.1) is 0 Å². The molecule has 2 nitrogen and oxygen atoms in total. The second kappa shape index (κ2) is 10.7. The van der Waals surface area contributed by atoms with E-state index in [1.54, 1.807) is 0 Å². The Morgan fingerprint density at radius 2 is 1.00 bits per heavy atom. The Bertz CT molecular complexity index is 754. The van der Waals surface area contributed by atoms with Gasteiger partial charge in [-0.25, -0.2) is 0 Å². The summed E-state index contributed by atoms with van der Waals surface area (Å²) < 4.78 is 11.5. The molecule has 0 saturated carbocycles. The quantitative estimate of drug-likeness (QED) is 0.279. The Morgan fingerprint density at radius 3 is 1.24 bits per heavy atom. The van der Waals surface area contributed by atoms with Crippen molar-refractivity contribution in [2.24, 2.45) is 0 Å². The van der Waals surface area contributed by atoms with Crippen molar-refractivity contribution in [1.82, 2.24) is 0 Å². The van der Waals surface area contributed by atoms with Crippen LogP contribution in [0.3, 0.4) is 0 Å². The number of ether oxygens (including phenoxy) is 2. The molecule has 2 aromatic carbocycles. The fraction of sp³-hybridized carbons (Fsp3) is 0.429. The van der Waals surface area contributed by atoms with E-state index in [0.717, 1.165) is 11.1 Å². The zero-order chi connectivity index (χ0) is 21.9. The highest BCUT2D eigenvalue weighted by Gasteiger charge is 2.28. The van der Waals surface area contributed by atoms with Crippen LogP contribution in [0.25, 0.3) is 0 Å². The van der Waals surface area contributed by atoms with Crippen LogP contribution in [0.1, 0.15) is 38.8 Å². The predicted octanol–water partition coefficient (Wildman–Crippen LogP) is 8.95. The van der Waals surface area contributed by atoms with Crippen LogP contribution in [0, 0.1) is 0 Å². The molecule has 0 N–H and O–H groups in total. The molecule has 0 fully saturated rings. The van der Waals surface area contributed by atoms with E-state index < -0.39 is 5.41 Å². The maximum absolute atomic E-state index is 6.47. The summed E-state index contributed by atoms with van der Waals surface area (Å²) in [5.41, 5.74) is 1.38. The Hall–Kier alpha value is 0.160. The van der Waals surface area contributed by atoms with Gasteiger partial charge < -0.3 is 9.47 Å². The normalized spacial score (nSPS) is 13.9. The first-order valence-electron chi connectivity index (χ1n) is 8.96. The summed E-state index contributed by atoms with van der Waals surface area (Å²) in [7, 11) is 0. The summed E-state index contributed by atoms with van der Waals surface area (Å²) in [6, 6.07) is 7.45. The third-order valence-electron chi connectivity index (χ3n) is 4.35. The van der Waals surface area contributed by atoms with E-state index in [0.29, 0.717) is 44.8 Å². The molecule has 0 aliphatic carbocycles. The van der Waals surface area contributed by atoms with Crippen LogP contribution >= 0.6 is 78.3 Å². The van der Waals surface area contributed by atoms with Gasteiger partial charge in [0.1, 0.15) is 13.2 Å². The maximum Gasteiger partial charge on any atom is 0.156 e. The van der Waals surface area contributed by atoms with E-state index in [2.05, 4.69) is 45.7 Å². The Kier molecular flexibility index (Phi) is 9.34. The number of alkyl halides is 2. The lowest BCUT2D eigenvalue weighted by Crippen LogP contribution is -2.19. The van der Waals surface area contributed by atoms with E-state index >= 15 is 0 Å². The molecule has 0 heterocycles. The average molecular weight is 608 g/mol. The Balaban J connectivity index is 2.39. The van der Waals surface area contributed by atoms with Crippen LogP contribution < -0.4 is 9.47 Å². The van der Waals surface area contributed by atoms with Crippen molar-refractivity contribution in [2.75, 3.05) is 13.2 Å². The molecule has 0 aromatic heterocycles. The molecule has 0 aliphatic heterocycles.